The Labute approximate surface area is 146 Å². The van der Waals surface area contributed by atoms with Crippen LogP contribution in [-0.4, -0.2) is 45.5 Å². The molecule has 0 saturated carbocycles. The Morgan fingerprint density at radius 2 is 2.21 bits per heavy atom. The molecule has 24 heavy (non-hydrogen) atoms. The summed E-state index contributed by atoms with van der Waals surface area (Å²) in [5.74, 6) is 0.690. The fourth-order valence-corrected chi connectivity index (χ4v) is 2.96. The minimum absolute atomic E-state index is 0.254. The first kappa shape index (κ1) is 18.4. The lowest BCUT2D eigenvalue weighted by molar-refractivity contribution is 0.0672. The molecule has 0 fully saturated rings. The van der Waals surface area contributed by atoms with Crippen LogP contribution in [0, 0.1) is 6.92 Å². The lowest BCUT2D eigenvalue weighted by atomic mass is 10.0. The van der Waals surface area contributed by atoms with Gasteiger partial charge in [0, 0.05) is 49.4 Å². The Morgan fingerprint density at radius 1 is 1.42 bits per heavy atom. The van der Waals surface area contributed by atoms with Gasteiger partial charge in [0.25, 0.3) is 0 Å². The minimum atomic E-state index is -1.05. The van der Waals surface area contributed by atoms with Crippen LogP contribution < -0.4 is 10.6 Å². The molecule has 0 aliphatic heterocycles. The van der Waals surface area contributed by atoms with Crippen molar-refractivity contribution in [2.45, 2.75) is 32.8 Å². The van der Waals surface area contributed by atoms with Gasteiger partial charge < -0.3 is 15.7 Å². The highest BCUT2D eigenvalue weighted by Gasteiger charge is 2.24. The van der Waals surface area contributed by atoms with Crippen LogP contribution in [0.5, 0.6) is 0 Å². The molecule has 2 aromatic heterocycles. The molecule has 3 N–H and O–H groups in total. The van der Waals surface area contributed by atoms with E-state index in [4.69, 9.17) is 0 Å². The van der Waals surface area contributed by atoms with Gasteiger partial charge in [-0.05, 0) is 20.8 Å². The molecule has 0 amide bonds. The topological polar surface area (TPSA) is 87.4 Å². The monoisotopic (exact) mass is 350 g/mol. The van der Waals surface area contributed by atoms with E-state index >= 15 is 0 Å². The third-order valence-electron chi connectivity index (χ3n) is 3.52. The molecule has 2 heterocycles. The minimum Gasteiger partial charge on any atom is -0.383 e. The van der Waals surface area contributed by atoms with Crippen LogP contribution in [0.15, 0.2) is 23.6 Å². The fraction of sp³-hybridized carbons (Fsp3) is 0.562. The van der Waals surface area contributed by atoms with Gasteiger partial charge in [-0.3, -0.25) is 4.68 Å². The van der Waals surface area contributed by atoms with Crippen LogP contribution in [0.3, 0.4) is 0 Å². The second-order valence-corrected chi connectivity index (χ2v) is 7.23. The summed E-state index contributed by atoms with van der Waals surface area (Å²) in [4.78, 5) is 10.1. The van der Waals surface area contributed by atoms with Crippen LogP contribution >= 0.6 is 11.3 Å². The van der Waals surface area contributed by atoms with Crippen molar-refractivity contribution in [2.75, 3.05) is 19.6 Å². The predicted molar refractivity (Wildman–Crippen MR) is 97.3 cm³/mol. The number of aryl methyl sites for hydroxylation is 2. The Kier molecular flexibility index (Phi) is 6.33. The standard InChI is InChI=1S/C16H26N6OS/c1-5-17-15(18-7-6-14-19-8-12(2)24-14)20-11-16(3,23)13-9-21-22(4)10-13/h8-10,23H,5-7,11H2,1-4H3,(H2,17,18,20). The van der Waals surface area contributed by atoms with Gasteiger partial charge in [-0.1, -0.05) is 0 Å². The number of rotatable bonds is 7. The van der Waals surface area contributed by atoms with Crippen molar-refractivity contribution in [3.63, 3.8) is 0 Å². The second kappa shape index (κ2) is 8.25. The lowest BCUT2D eigenvalue weighted by Gasteiger charge is -2.20. The van der Waals surface area contributed by atoms with Gasteiger partial charge in [0.1, 0.15) is 5.60 Å². The van der Waals surface area contributed by atoms with Gasteiger partial charge in [-0.2, -0.15) is 5.10 Å². The van der Waals surface area contributed by atoms with Crippen molar-refractivity contribution in [3.8, 4) is 0 Å². The van der Waals surface area contributed by atoms with Gasteiger partial charge in [-0.25, -0.2) is 9.98 Å². The summed E-state index contributed by atoms with van der Waals surface area (Å²) >= 11 is 1.71. The summed E-state index contributed by atoms with van der Waals surface area (Å²) in [5.41, 5.74) is -0.300. The average Bonchev–Trinajstić information content (AvgIpc) is 3.14. The van der Waals surface area contributed by atoms with Crippen LogP contribution in [0.1, 0.15) is 29.3 Å². The zero-order chi connectivity index (χ0) is 17.6. The first-order chi connectivity index (χ1) is 11.4. The molecule has 0 aliphatic carbocycles. The Balaban J connectivity index is 1.91. The molecule has 1 unspecified atom stereocenters. The second-order valence-electron chi connectivity index (χ2n) is 5.91. The van der Waals surface area contributed by atoms with E-state index in [-0.39, 0.29) is 6.54 Å². The van der Waals surface area contributed by atoms with Crippen molar-refractivity contribution < 1.29 is 5.11 Å². The number of nitrogens with zero attached hydrogens (tertiary/aromatic N) is 4. The van der Waals surface area contributed by atoms with Gasteiger partial charge in [0.05, 0.1) is 17.7 Å². The molecule has 0 aliphatic rings. The fourth-order valence-electron chi connectivity index (χ4n) is 2.17. The molecule has 0 radical (unpaired) electrons. The first-order valence-electron chi connectivity index (χ1n) is 8.05. The Morgan fingerprint density at radius 3 is 2.79 bits per heavy atom. The van der Waals surface area contributed by atoms with Crippen molar-refractivity contribution in [1.29, 1.82) is 0 Å². The van der Waals surface area contributed by atoms with Crippen LogP contribution in [0.25, 0.3) is 0 Å². The largest absolute Gasteiger partial charge is 0.383 e. The lowest BCUT2D eigenvalue weighted by Crippen LogP contribution is -2.39. The Bertz CT molecular complexity index is 676. The van der Waals surface area contributed by atoms with E-state index in [1.807, 2.05) is 20.2 Å². The van der Waals surface area contributed by atoms with E-state index < -0.39 is 5.60 Å². The van der Waals surface area contributed by atoms with Crippen molar-refractivity contribution >= 4 is 17.3 Å². The van der Waals surface area contributed by atoms with E-state index in [1.165, 1.54) is 4.88 Å². The summed E-state index contributed by atoms with van der Waals surface area (Å²) in [6.07, 6.45) is 6.22. The molecular weight excluding hydrogens is 324 g/mol. The number of nitrogens with one attached hydrogen (secondary N) is 2. The van der Waals surface area contributed by atoms with Crippen molar-refractivity contribution in [1.82, 2.24) is 25.4 Å². The maximum atomic E-state index is 10.6. The molecular formula is C16H26N6OS. The highest BCUT2D eigenvalue weighted by Crippen LogP contribution is 2.19. The van der Waals surface area contributed by atoms with Gasteiger partial charge in [0.15, 0.2) is 5.96 Å². The molecule has 8 heteroatoms. The predicted octanol–water partition coefficient (Wildman–Crippen LogP) is 1.19. The number of thiazole rings is 1. The highest BCUT2D eigenvalue weighted by atomic mass is 32.1. The van der Waals surface area contributed by atoms with Crippen LogP contribution in [0.2, 0.25) is 0 Å². The van der Waals surface area contributed by atoms with Crippen LogP contribution in [0.4, 0.5) is 0 Å². The number of guanidine groups is 1. The number of aliphatic hydroxyl groups is 1. The number of hydrogen-bond donors (Lipinski definition) is 3. The molecule has 7 nitrogen and oxygen atoms in total. The number of aliphatic imine (C=N–C) groups is 1. The van der Waals surface area contributed by atoms with Gasteiger partial charge in [-0.15, -0.1) is 11.3 Å². The smallest absolute Gasteiger partial charge is 0.191 e. The van der Waals surface area contributed by atoms with Crippen molar-refractivity contribution in [2.24, 2.45) is 12.0 Å². The third-order valence-corrected chi connectivity index (χ3v) is 4.49. The zero-order valence-corrected chi connectivity index (χ0v) is 15.5. The third kappa shape index (κ3) is 5.31. The molecule has 0 saturated heterocycles. The first-order valence-corrected chi connectivity index (χ1v) is 8.87. The quantitative estimate of drug-likeness (QED) is 0.516. The summed E-state index contributed by atoms with van der Waals surface area (Å²) < 4.78 is 1.67. The van der Waals surface area contributed by atoms with Gasteiger partial charge >= 0.3 is 0 Å². The van der Waals surface area contributed by atoms with Crippen molar-refractivity contribution in [3.05, 3.63) is 34.0 Å². The number of aromatic nitrogens is 3. The highest BCUT2D eigenvalue weighted by molar-refractivity contribution is 7.11. The SMILES string of the molecule is CCNC(=NCC(C)(O)c1cnn(C)c1)NCCc1ncc(C)s1. The van der Waals surface area contributed by atoms with E-state index in [0.717, 1.165) is 30.1 Å². The molecule has 0 bridgehead atoms. The van der Waals surface area contributed by atoms with E-state index in [2.05, 4.69) is 32.6 Å². The zero-order valence-electron chi connectivity index (χ0n) is 14.7. The van der Waals surface area contributed by atoms with E-state index in [9.17, 15) is 5.11 Å². The summed E-state index contributed by atoms with van der Waals surface area (Å²) in [6, 6.07) is 0. The molecule has 132 valence electrons. The molecule has 2 rings (SSSR count). The molecule has 2 aromatic rings. The number of hydrogen-bond acceptors (Lipinski definition) is 5. The maximum Gasteiger partial charge on any atom is 0.191 e. The normalized spacial score (nSPS) is 14.5. The summed E-state index contributed by atoms with van der Waals surface area (Å²) in [6.45, 7) is 7.58. The molecule has 0 spiro atoms. The summed E-state index contributed by atoms with van der Waals surface area (Å²) in [5, 5.41) is 22.3. The van der Waals surface area contributed by atoms with Gasteiger partial charge in [0.2, 0.25) is 0 Å². The molecule has 0 aromatic carbocycles. The van der Waals surface area contributed by atoms with Crippen LogP contribution in [-0.2, 0) is 19.1 Å². The molecule has 1 atom stereocenters. The Hall–Kier alpha value is -1.93. The maximum absolute atomic E-state index is 10.6. The van der Waals surface area contributed by atoms with E-state index in [1.54, 1.807) is 35.3 Å². The van der Waals surface area contributed by atoms with E-state index in [0.29, 0.717) is 5.96 Å². The average molecular weight is 350 g/mol. The summed E-state index contributed by atoms with van der Waals surface area (Å²) in [7, 11) is 1.83.